The normalized spacial score (nSPS) is 17.7. The van der Waals surface area contributed by atoms with Crippen molar-refractivity contribution in [2.45, 2.75) is 39.8 Å². The fraction of sp³-hybridized carbons (Fsp3) is 0.600. The molecule has 0 aliphatic carbocycles. The Morgan fingerprint density at radius 3 is 2.59 bits per heavy atom. The predicted molar refractivity (Wildman–Crippen MR) is 85.5 cm³/mol. The topological polar surface area (TPSA) is 60.8 Å². The highest BCUT2D eigenvalue weighted by Gasteiger charge is 2.39. The van der Waals surface area contributed by atoms with E-state index in [1.165, 1.54) is 7.11 Å². The predicted octanol–water partition coefficient (Wildman–Crippen LogP) is 2.86. The number of aromatic nitrogens is 1. The van der Waals surface area contributed by atoms with Crippen LogP contribution in [0.1, 0.15) is 54.6 Å². The van der Waals surface area contributed by atoms with E-state index in [-0.39, 0.29) is 35.9 Å². The van der Waals surface area contributed by atoms with Crippen LogP contribution >= 0.6 is 15.9 Å². The molecule has 0 bridgehead atoms. The van der Waals surface area contributed by atoms with Crippen LogP contribution in [0.3, 0.4) is 0 Å². The molecular formula is C15H21BrN2O4. The Bertz CT molecular complexity index is 609. The van der Waals surface area contributed by atoms with Crippen LogP contribution in [-0.2, 0) is 4.74 Å². The summed E-state index contributed by atoms with van der Waals surface area (Å²) in [6.45, 7) is 8.53. The van der Waals surface area contributed by atoms with E-state index < -0.39 is 5.97 Å². The van der Waals surface area contributed by atoms with E-state index >= 15 is 0 Å². The third kappa shape index (κ3) is 2.51. The number of carbonyl (C=O) groups excluding carboxylic acids is 2. The summed E-state index contributed by atoms with van der Waals surface area (Å²) in [5, 5.41) is 0. The first-order valence-corrected chi connectivity index (χ1v) is 8.10. The van der Waals surface area contributed by atoms with Crippen LogP contribution in [0.4, 0.5) is 0 Å². The first kappa shape index (κ1) is 16.9. The van der Waals surface area contributed by atoms with Crippen molar-refractivity contribution in [2.24, 2.45) is 0 Å². The average Bonchev–Trinajstić information content (AvgIpc) is 2.76. The monoisotopic (exact) mass is 372 g/mol. The first-order chi connectivity index (χ1) is 10.3. The molecule has 122 valence electrons. The Labute approximate surface area is 138 Å². The summed E-state index contributed by atoms with van der Waals surface area (Å²) < 4.78 is 12.8. The van der Waals surface area contributed by atoms with Gasteiger partial charge in [-0.3, -0.25) is 4.79 Å². The van der Waals surface area contributed by atoms with Gasteiger partial charge in [-0.15, -0.1) is 0 Å². The lowest BCUT2D eigenvalue weighted by molar-refractivity contribution is 0.0521. The van der Waals surface area contributed by atoms with Crippen molar-refractivity contribution in [2.75, 3.05) is 20.3 Å². The Morgan fingerprint density at radius 2 is 2.09 bits per heavy atom. The van der Waals surface area contributed by atoms with Crippen LogP contribution in [-0.4, -0.2) is 47.6 Å². The molecule has 0 radical (unpaired) electrons. The van der Waals surface area contributed by atoms with Gasteiger partial charge in [-0.2, -0.15) is 0 Å². The number of halogens is 1. The summed E-state index contributed by atoms with van der Waals surface area (Å²) in [6.07, 6.45) is 0. The molecule has 0 unspecified atom stereocenters. The molecule has 1 aliphatic rings. The number of methoxy groups -OCH3 is 1. The second kappa shape index (κ2) is 6.32. The van der Waals surface area contributed by atoms with Gasteiger partial charge in [0.1, 0.15) is 10.2 Å². The van der Waals surface area contributed by atoms with Crippen molar-refractivity contribution in [1.29, 1.82) is 0 Å². The third-order valence-electron chi connectivity index (χ3n) is 3.77. The number of amides is 1. The highest BCUT2D eigenvalue weighted by molar-refractivity contribution is 9.10. The van der Waals surface area contributed by atoms with E-state index in [9.17, 15) is 9.59 Å². The van der Waals surface area contributed by atoms with E-state index in [2.05, 4.69) is 15.9 Å². The van der Waals surface area contributed by atoms with E-state index in [4.69, 9.17) is 9.47 Å². The summed E-state index contributed by atoms with van der Waals surface area (Å²) >= 11 is 3.44. The third-order valence-corrected chi connectivity index (χ3v) is 4.55. The van der Waals surface area contributed by atoms with Gasteiger partial charge in [-0.25, -0.2) is 4.79 Å². The minimum absolute atomic E-state index is 0.0292. The second-order valence-corrected chi connectivity index (χ2v) is 6.29. The van der Waals surface area contributed by atoms with Crippen molar-refractivity contribution in [1.82, 2.24) is 9.47 Å². The number of carbonyl (C=O) groups is 2. The fourth-order valence-corrected chi connectivity index (χ4v) is 3.63. The van der Waals surface area contributed by atoms with Crippen molar-refractivity contribution in [3.63, 3.8) is 0 Å². The van der Waals surface area contributed by atoms with Crippen molar-refractivity contribution in [3.8, 4) is 5.75 Å². The molecule has 1 aromatic heterocycles. The zero-order valence-corrected chi connectivity index (χ0v) is 15.1. The minimum atomic E-state index is -0.496. The van der Waals surface area contributed by atoms with Crippen LogP contribution in [0.25, 0.3) is 0 Å². The quantitative estimate of drug-likeness (QED) is 0.762. The van der Waals surface area contributed by atoms with Crippen molar-refractivity contribution < 1.29 is 19.1 Å². The largest absolute Gasteiger partial charge is 0.493 e. The molecule has 1 atom stereocenters. The zero-order chi connectivity index (χ0) is 16.6. The van der Waals surface area contributed by atoms with Gasteiger partial charge in [0.05, 0.1) is 13.7 Å². The fourth-order valence-electron chi connectivity index (χ4n) is 2.76. The SMILES string of the molecule is CCOC(=O)c1c(OC)c2n(c1Br)[C@@H](C)CN(C(C)C)C2=O. The summed E-state index contributed by atoms with van der Waals surface area (Å²) in [5.74, 6) is -0.363. The number of esters is 1. The number of ether oxygens (including phenoxy) is 2. The molecule has 0 fully saturated rings. The Hall–Kier alpha value is -1.50. The molecule has 1 amide bonds. The molecule has 2 rings (SSSR count). The molecule has 0 spiro atoms. The van der Waals surface area contributed by atoms with Gasteiger partial charge in [-0.1, -0.05) is 0 Å². The molecule has 0 N–H and O–H groups in total. The van der Waals surface area contributed by atoms with Gasteiger partial charge in [-0.05, 0) is 43.6 Å². The summed E-state index contributed by atoms with van der Waals surface area (Å²) in [6, 6.07) is 0.106. The molecule has 7 heteroatoms. The standard InChI is InChI=1S/C15H21BrN2O4/c1-6-22-15(20)10-12(21-5)11-14(19)17(8(2)3)7-9(4)18(11)13(10)16/h8-9H,6-7H2,1-5H3/t9-/m0/s1. The lowest BCUT2D eigenvalue weighted by Gasteiger charge is -2.36. The molecule has 0 saturated carbocycles. The van der Waals surface area contributed by atoms with Crippen LogP contribution in [0.2, 0.25) is 0 Å². The molecule has 22 heavy (non-hydrogen) atoms. The van der Waals surface area contributed by atoms with E-state index in [1.807, 2.05) is 25.3 Å². The molecule has 6 nitrogen and oxygen atoms in total. The molecule has 2 heterocycles. The lowest BCUT2D eigenvalue weighted by atomic mass is 10.1. The van der Waals surface area contributed by atoms with Gasteiger partial charge in [0.2, 0.25) is 0 Å². The lowest BCUT2D eigenvalue weighted by Crippen LogP contribution is -2.45. The van der Waals surface area contributed by atoms with Gasteiger partial charge in [0.15, 0.2) is 11.4 Å². The van der Waals surface area contributed by atoms with E-state index in [0.717, 1.165) is 0 Å². The van der Waals surface area contributed by atoms with Gasteiger partial charge >= 0.3 is 5.97 Å². The van der Waals surface area contributed by atoms with Gasteiger partial charge in [0.25, 0.3) is 5.91 Å². The first-order valence-electron chi connectivity index (χ1n) is 7.30. The maximum Gasteiger partial charge on any atom is 0.344 e. The number of nitrogens with zero attached hydrogens (tertiary/aromatic N) is 2. The van der Waals surface area contributed by atoms with Crippen molar-refractivity contribution in [3.05, 3.63) is 15.9 Å². The summed E-state index contributed by atoms with van der Waals surface area (Å²) in [7, 11) is 1.46. The van der Waals surface area contributed by atoms with Gasteiger partial charge in [0, 0.05) is 18.6 Å². The molecule has 1 aliphatic heterocycles. The number of hydrogen-bond donors (Lipinski definition) is 0. The highest BCUT2D eigenvalue weighted by Crippen LogP contribution is 2.40. The van der Waals surface area contributed by atoms with Crippen molar-refractivity contribution >= 4 is 27.8 Å². The van der Waals surface area contributed by atoms with Crippen LogP contribution in [0.5, 0.6) is 5.75 Å². The Kier molecular flexibility index (Phi) is 4.84. The molecule has 0 aromatic carbocycles. The Balaban J connectivity index is 2.65. The second-order valence-electron chi connectivity index (χ2n) is 5.54. The van der Waals surface area contributed by atoms with E-state index in [0.29, 0.717) is 16.8 Å². The van der Waals surface area contributed by atoms with Crippen LogP contribution in [0.15, 0.2) is 4.60 Å². The smallest absolute Gasteiger partial charge is 0.344 e. The van der Waals surface area contributed by atoms with E-state index in [1.54, 1.807) is 11.8 Å². The van der Waals surface area contributed by atoms with Crippen LogP contribution in [0, 0.1) is 0 Å². The molecule has 0 saturated heterocycles. The number of hydrogen-bond acceptors (Lipinski definition) is 4. The van der Waals surface area contributed by atoms with Gasteiger partial charge < -0.3 is 18.9 Å². The highest BCUT2D eigenvalue weighted by atomic mass is 79.9. The molecular weight excluding hydrogens is 352 g/mol. The minimum Gasteiger partial charge on any atom is -0.493 e. The Morgan fingerprint density at radius 1 is 1.45 bits per heavy atom. The maximum atomic E-state index is 12.8. The summed E-state index contributed by atoms with van der Waals surface area (Å²) in [5.41, 5.74) is 0.662. The number of rotatable bonds is 4. The number of fused-ring (bicyclic) bond motifs is 1. The summed E-state index contributed by atoms with van der Waals surface area (Å²) in [4.78, 5) is 26.8. The average molecular weight is 373 g/mol. The zero-order valence-electron chi connectivity index (χ0n) is 13.5. The van der Waals surface area contributed by atoms with Crippen LogP contribution < -0.4 is 4.74 Å². The molecule has 1 aromatic rings. The maximum absolute atomic E-state index is 12.8.